The number of aromatic nitrogens is 1. The zero-order valence-corrected chi connectivity index (χ0v) is 14.5. The van der Waals surface area contributed by atoms with Crippen LogP contribution in [0.15, 0.2) is 66.2 Å². The lowest BCUT2D eigenvalue weighted by molar-refractivity contribution is 0.0601. The highest BCUT2D eigenvalue weighted by Crippen LogP contribution is 2.20. The second-order valence-corrected chi connectivity index (χ2v) is 6.25. The molecule has 0 aliphatic carbocycles. The molecule has 6 heteroatoms. The molecule has 3 aromatic rings. The predicted octanol–water partition coefficient (Wildman–Crippen LogP) is 3.42. The first-order valence-electron chi connectivity index (χ1n) is 7.60. The van der Waals surface area contributed by atoms with Crippen molar-refractivity contribution in [3.63, 3.8) is 0 Å². The second-order valence-electron chi connectivity index (χ2n) is 5.24. The number of rotatable bonds is 4. The highest BCUT2D eigenvalue weighted by Gasteiger charge is 2.12. The van der Waals surface area contributed by atoms with Gasteiger partial charge in [0.2, 0.25) is 0 Å². The molecule has 126 valence electrons. The maximum absolute atomic E-state index is 12.4. The van der Waals surface area contributed by atoms with Gasteiger partial charge in [-0.3, -0.25) is 4.79 Å². The van der Waals surface area contributed by atoms with Gasteiger partial charge in [0.1, 0.15) is 0 Å². The van der Waals surface area contributed by atoms with Crippen LogP contribution in [-0.2, 0) is 11.3 Å². The number of nitrogens with zero attached hydrogens (tertiary/aromatic N) is 2. The standard InChI is InChI=1S/C19H16N2O3S/c1-3-11-21-15-10-9-14(18(23)24-2)12-16(15)25-19(21)20-17(22)13-7-5-4-6-8-13/h3-10,12H,1,11H2,2H3. The molecule has 0 N–H and O–H groups in total. The highest BCUT2D eigenvalue weighted by atomic mass is 32.1. The maximum Gasteiger partial charge on any atom is 0.337 e. The first-order chi connectivity index (χ1) is 12.1. The van der Waals surface area contributed by atoms with E-state index in [-0.39, 0.29) is 5.91 Å². The van der Waals surface area contributed by atoms with E-state index in [1.807, 2.05) is 16.7 Å². The molecule has 0 radical (unpaired) electrons. The first kappa shape index (κ1) is 16.9. The van der Waals surface area contributed by atoms with Crippen LogP contribution in [0.3, 0.4) is 0 Å². The van der Waals surface area contributed by atoms with Gasteiger partial charge >= 0.3 is 5.97 Å². The molecule has 3 rings (SSSR count). The molecule has 25 heavy (non-hydrogen) atoms. The molecule has 1 heterocycles. The fourth-order valence-electron chi connectivity index (χ4n) is 2.44. The van der Waals surface area contributed by atoms with E-state index in [2.05, 4.69) is 11.6 Å². The smallest absolute Gasteiger partial charge is 0.337 e. The van der Waals surface area contributed by atoms with Crippen molar-refractivity contribution in [2.45, 2.75) is 6.54 Å². The minimum atomic E-state index is -0.399. The number of amides is 1. The Morgan fingerprint density at radius 1 is 1.20 bits per heavy atom. The average Bonchev–Trinajstić information content (AvgIpc) is 2.98. The average molecular weight is 352 g/mol. The van der Waals surface area contributed by atoms with Gasteiger partial charge in [-0.1, -0.05) is 35.6 Å². The van der Waals surface area contributed by atoms with Gasteiger partial charge in [-0.05, 0) is 30.3 Å². The fraction of sp³-hybridized carbons (Fsp3) is 0.105. The van der Waals surface area contributed by atoms with E-state index < -0.39 is 5.97 Å². The van der Waals surface area contributed by atoms with E-state index in [1.165, 1.54) is 18.4 Å². The van der Waals surface area contributed by atoms with Crippen molar-refractivity contribution in [2.24, 2.45) is 4.99 Å². The van der Waals surface area contributed by atoms with Crippen LogP contribution in [0, 0.1) is 0 Å². The number of carbonyl (C=O) groups is 2. The zero-order valence-electron chi connectivity index (χ0n) is 13.6. The Balaban J connectivity index is 2.14. The molecular weight excluding hydrogens is 336 g/mol. The zero-order chi connectivity index (χ0) is 17.8. The fourth-order valence-corrected chi connectivity index (χ4v) is 3.52. The Morgan fingerprint density at radius 2 is 1.96 bits per heavy atom. The Bertz CT molecular complexity index is 1020. The molecule has 1 amide bonds. The van der Waals surface area contributed by atoms with Crippen LogP contribution in [-0.4, -0.2) is 23.6 Å². The molecule has 0 saturated carbocycles. The Labute approximate surface area is 148 Å². The van der Waals surface area contributed by atoms with E-state index in [1.54, 1.807) is 42.5 Å². The summed E-state index contributed by atoms with van der Waals surface area (Å²) in [7, 11) is 1.35. The summed E-state index contributed by atoms with van der Waals surface area (Å²) in [5, 5.41) is 0. The maximum atomic E-state index is 12.4. The van der Waals surface area contributed by atoms with Crippen molar-refractivity contribution in [3.05, 3.63) is 77.1 Å². The van der Waals surface area contributed by atoms with Crippen molar-refractivity contribution in [3.8, 4) is 0 Å². The number of carbonyl (C=O) groups excluding carboxylic acids is 2. The van der Waals surface area contributed by atoms with Crippen molar-refractivity contribution >= 4 is 33.4 Å². The van der Waals surface area contributed by atoms with Gasteiger partial charge in [0, 0.05) is 12.1 Å². The Morgan fingerprint density at radius 3 is 2.64 bits per heavy atom. The summed E-state index contributed by atoms with van der Waals surface area (Å²) in [6.07, 6.45) is 1.74. The third kappa shape index (κ3) is 3.44. The highest BCUT2D eigenvalue weighted by molar-refractivity contribution is 7.16. The second kappa shape index (κ2) is 7.27. The summed E-state index contributed by atoms with van der Waals surface area (Å²) in [5.41, 5.74) is 1.88. The molecule has 0 bridgehead atoms. The lowest BCUT2D eigenvalue weighted by Crippen LogP contribution is -2.16. The number of thiazole rings is 1. The van der Waals surface area contributed by atoms with Crippen molar-refractivity contribution in [1.29, 1.82) is 0 Å². The summed E-state index contributed by atoms with van der Waals surface area (Å²) in [5.74, 6) is -0.706. The van der Waals surface area contributed by atoms with Gasteiger partial charge in [-0.25, -0.2) is 4.79 Å². The number of methoxy groups -OCH3 is 1. The van der Waals surface area contributed by atoms with E-state index in [0.29, 0.717) is 22.5 Å². The van der Waals surface area contributed by atoms with Gasteiger partial charge in [0.25, 0.3) is 5.91 Å². The van der Waals surface area contributed by atoms with Gasteiger partial charge in [-0.15, -0.1) is 6.58 Å². The number of benzene rings is 2. The van der Waals surface area contributed by atoms with Crippen LogP contribution in [0.1, 0.15) is 20.7 Å². The summed E-state index contributed by atoms with van der Waals surface area (Å²) in [4.78, 5) is 28.9. The lowest BCUT2D eigenvalue weighted by Gasteiger charge is -2.02. The van der Waals surface area contributed by atoms with Crippen LogP contribution >= 0.6 is 11.3 Å². The summed E-state index contributed by atoms with van der Waals surface area (Å²) >= 11 is 1.35. The Hall–Kier alpha value is -2.99. The molecular formula is C19H16N2O3S. The third-order valence-corrected chi connectivity index (χ3v) is 4.67. The largest absolute Gasteiger partial charge is 0.465 e. The number of fused-ring (bicyclic) bond motifs is 1. The van der Waals surface area contributed by atoms with E-state index in [0.717, 1.165) is 10.2 Å². The molecule has 0 unspecified atom stereocenters. The third-order valence-electron chi connectivity index (χ3n) is 3.63. The molecule has 0 aliphatic heterocycles. The quantitative estimate of drug-likeness (QED) is 0.534. The van der Waals surface area contributed by atoms with Crippen molar-refractivity contribution in [1.82, 2.24) is 4.57 Å². The van der Waals surface area contributed by atoms with Gasteiger partial charge < -0.3 is 9.30 Å². The summed E-state index contributed by atoms with van der Waals surface area (Å²) < 4.78 is 7.51. The van der Waals surface area contributed by atoms with Crippen LogP contribution in [0.5, 0.6) is 0 Å². The minimum Gasteiger partial charge on any atom is -0.465 e. The molecule has 5 nitrogen and oxygen atoms in total. The molecule has 2 aromatic carbocycles. The first-order valence-corrected chi connectivity index (χ1v) is 8.42. The summed E-state index contributed by atoms with van der Waals surface area (Å²) in [6, 6.07) is 14.2. The number of hydrogen-bond acceptors (Lipinski definition) is 4. The molecule has 0 fully saturated rings. The van der Waals surface area contributed by atoms with Crippen LogP contribution in [0.4, 0.5) is 0 Å². The topological polar surface area (TPSA) is 60.7 Å². The molecule has 0 saturated heterocycles. The monoisotopic (exact) mass is 352 g/mol. The number of ether oxygens (including phenoxy) is 1. The molecule has 0 aliphatic rings. The molecule has 0 spiro atoms. The van der Waals surface area contributed by atoms with Crippen LogP contribution in [0.2, 0.25) is 0 Å². The normalized spacial score (nSPS) is 11.5. The number of hydrogen-bond donors (Lipinski definition) is 0. The van der Waals surface area contributed by atoms with Crippen molar-refractivity contribution < 1.29 is 14.3 Å². The number of allylic oxidation sites excluding steroid dienone is 1. The van der Waals surface area contributed by atoms with E-state index in [9.17, 15) is 9.59 Å². The van der Waals surface area contributed by atoms with Gasteiger partial charge in [0.15, 0.2) is 4.80 Å². The van der Waals surface area contributed by atoms with Crippen molar-refractivity contribution in [2.75, 3.05) is 7.11 Å². The van der Waals surface area contributed by atoms with Gasteiger partial charge in [-0.2, -0.15) is 4.99 Å². The molecule has 1 aromatic heterocycles. The predicted molar refractivity (Wildman–Crippen MR) is 97.7 cm³/mol. The van der Waals surface area contributed by atoms with Crippen LogP contribution < -0.4 is 4.80 Å². The van der Waals surface area contributed by atoms with E-state index in [4.69, 9.17) is 4.74 Å². The van der Waals surface area contributed by atoms with Gasteiger partial charge in [0.05, 0.1) is 22.9 Å². The van der Waals surface area contributed by atoms with Crippen LogP contribution in [0.25, 0.3) is 10.2 Å². The minimum absolute atomic E-state index is 0.307. The molecule has 0 atom stereocenters. The lowest BCUT2D eigenvalue weighted by atomic mass is 10.2. The Kier molecular flexibility index (Phi) is 4.90. The summed E-state index contributed by atoms with van der Waals surface area (Å²) in [6.45, 7) is 4.28. The SMILES string of the molecule is C=CCn1c(=NC(=O)c2ccccc2)sc2cc(C(=O)OC)ccc21. The number of esters is 1. The van der Waals surface area contributed by atoms with E-state index >= 15 is 0 Å².